The molecular formula is C11H14N2O. The zero-order valence-electron chi connectivity index (χ0n) is 8.02. The molecule has 1 saturated heterocycles. The Kier molecular flexibility index (Phi) is 2.50. The highest BCUT2D eigenvalue weighted by Gasteiger charge is 2.24. The number of nitrogens with zero attached hydrogens (tertiary/aromatic N) is 1. The summed E-state index contributed by atoms with van der Waals surface area (Å²) in [7, 11) is 0. The molecule has 1 aliphatic rings. The minimum absolute atomic E-state index is 0.104. The molecule has 3 heteroatoms. The summed E-state index contributed by atoms with van der Waals surface area (Å²) in [5, 5.41) is 0. The van der Waals surface area contributed by atoms with E-state index in [2.05, 4.69) is 4.90 Å². The van der Waals surface area contributed by atoms with E-state index >= 15 is 0 Å². The van der Waals surface area contributed by atoms with E-state index < -0.39 is 0 Å². The summed E-state index contributed by atoms with van der Waals surface area (Å²) in [6.07, 6.45) is 2.18. The molecule has 1 atom stereocenters. The van der Waals surface area contributed by atoms with Crippen LogP contribution in [-0.4, -0.2) is 24.3 Å². The molecule has 74 valence electrons. The van der Waals surface area contributed by atoms with Gasteiger partial charge in [-0.25, -0.2) is 0 Å². The molecule has 1 aromatic rings. The topological polar surface area (TPSA) is 46.3 Å². The minimum atomic E-state index is -0.104. The molecule has 1 unspecified atom stereocenters. The van der Waals surface area contributed by atoms with Gasteiger partial charge in [-0.15, -0.1) is 0 Å². The molecule has 0 amide bonds. The molecule has 1 aliphatic heterocycles. The Balaban J connectivity index is 2.21. The van der Waals surface area contributed by atoms with Crippen molar-refractivity contribution in [1.82, 2.24) is 4.90 Å². The van der Waals surface area contributed by atoms with Crippen LogP contribution in [0.3, 0.4) is 0 Å². The van der Waals surface area contributed by atoms with Gasteiger partial charge in [0.05, 0.1) is 6.04 Å². The number of likely N-dealkylation sites (tertiary alicyclic amines) is 1. The van der Waals surface area contributed by atoms with E-state index in [0.29, 0.717) is 0 Å². The molecule has 14 heavy (non-hydrogen) atoms. The third-order valence-electron chi connectivity index (χ3n) is 2.67. The lowest BCUT2D eigenvalue weighted by Crippen LogP contribution is -2.40. The van der Waals surface area contributed by atoms with Crippen LogP contribution in [0.15, 0.2) is 24.3 Å². The van der Waals surface area contributed by atoms with Gasteiger partial charge >= 0.3 is 0 Å². The number of anilines is 1. The number of hydrogen-bond donors (Lipinski definition) is 1. The van der Waals surface area contributed by atoms with E-state index in [1.165, 1.54) is 6.42 Å². The zero-order valence-corrected chi connectivity index (χ0v) is 8.02. The van der Waals surface area contributed by atoms with Crippen LogP contribution in [-0.2, 0) is 4.79 Å². The van der Waals surface area contributed by atoms with Gasteiger partial charge in [-0.2, -0.15) is 0 Å². The van der Waals surface area contributed by atoms with Crippen molar-refractivity contribution in [3.05, 3.63) is 29.8 Å². The smallest absolute Gasteiger partial charge is 0.141 e. The number of aldehydes is 1. The fourth-order valence-electron chi connectivity index (χ4n) is 1.74. The summed E-state index contributed by atoms with van der Waals surface area (Å²) in [4.78, 5) is 13.1. The van der Waals surface area contributed by atoms with Crippen LogP contribution >= 0.6 is 0 Å². The zero-order chi connectivity index (χ0) is 9.97. The average molecular weight is 190 g/mol. The molecule has 1 fully saturated rings. The van der Waals surface area contributed by atoms with Gasteiger partial charge in [-0.3, -0.25) is 4.90 Å². The predicted molar refractivity (Wildman–Crippen MR) is 55.8 cm³/mol. The van der Waals surface area contributed by atoms with Gasteiger partial charge in [0.15, 0.2) is 0 Å². The molecule has 1 heterocycles. The second kappa shape index (κ2) is 3.80. The lowest BCUT2D eigenvalue weighted by molar-refractivity contribution is -0.114. The average Bonchev–Trinajstić information content (AvgIpc) is 2.10. The third-order valence-corrected chi connectivity index (χ3v) is 2.67. The first-order valence-electron chi connectivity index (χ1n) is 4.86. The molecular weight excluding hydrogens is 176 g/mol. The van der Waals surface area contributed by atoms with Crippen LogP contribution in [0.5, 0.6) is 0 Å². The quantitative estimate of drug-likeness (QED) is 0.575. The van der Waals surface area contributed by atoms with Gasteiger partial charge in [-0.1, -0.05) is 12.1 Å². The third kappa shape index (κ3) is 1.63. The Morgan fingerprint density at radius 2 is 2.21 bits per heavy atom. The Labute approximate surface area is 83.5 Å². The number of nitrogen functional groups attached to an aromatic ring is 1. The van der Waals surface area contributed by atoms with E-state index in [9.17, 15) is 4.79 Å². The molecule has 0 aliphatic carbocycles. The van der Waals surface area contributed by atoms with Crippen molar-refractivity contribution in [2.75, 3.05) is 18.8 Å². The fourth-order valence-corrected chi connectivity index (χ4v) is 1.74. The predicted octanol–water partition coefficient (Wildman–Crippen LogP) is 1.21. The van der Waals surface area contributed by atoms with Crippen LogP contribution < -0.4 is 5.73 Å². The lowest BCUT2D eigenvalue weighted by Gasteiger charge is -2.35. The maximum Gasteiger partial charge on any atom is 0.141 e. The number of carbonyl (C=O) groups is 1. The Morgan fingerprint density at radius 1 is 1.43 bits per heavy atom. The van der Waals surface area contributed by atoms with Gasteiger partial charge in [0.25, 0.3) is 0 Å². The summed E-state index contributed by atoms with van der Waals surface area (Å²) in [5.74, 6) is 0. The lowest BCUT2D eigenvalue weighted by atomic mass is 10.0. The first-order valence-corrected chi connectivity index (χ1v) is 4.86. The van der Waals surface area contributed by atoms with Crippen LogP contribution in [0.2, 0.25) is 0 Å². The van der Waals surface area contributed by atoms with E-state index in [1.54, 1.807) is 0 Å². The first-order chi connectivity index (χ1) is 6.81. The molecule has 1 aromatic carbocycles. The number of rotatable bonds is 3. The summed E-state index contributed by atoms with van der Waals surface area (Å²) in [6, 6.07) is 7.44. The van der Waals surface area contributed by atoms with Crippen molar-refractivity contribution in [1.29, 1.82) is 0 Å². The first kappa shape index (κ1) is 9.21. The van der Waals surface area contributed by atoms with Gasteiger partial charge < -0.3 is 10.5 Å². The number of hydrogen-bond acceptors (Lipinski definition) is 3. The minimum Gasteiger partial charge on any atom is -0.399 e. The Hall–Kier alpha value is -1.35. The number of nitrogens with two attached hydrogens (primary N) is 1. The normalized spacial score (nSPS) is 18.6. The van der Waals surface area contributed by atoms with Crippen molar-refractivity contribution in [2.45, 2.75) is 12.5 Å². The molecule has 2 N–H and O–H groups in total. The standard InChI is InChI=1S/C11H14N2O/c12-10-4-1-3-9(7-10)11(8-14)13-5-2-6-13/h1,3-4,7-8,11H,2,5-6,12H2. The molecule has 0 bridgehead atoms. The monoisotopic (exact) mass is 190 g/mol. The van der Waals surface area contributed by atoms with Crippen LogP contribution in [0.4, 0.5) is 5.69 Å². The summed E-state index contributed by atoms with van der Waals surface area (Å²) in [5.41, 5.74) is 7.39. The maximum absolute atomic E-state index is 11.0. The number of benzene rings is 1. The van der Waals surface area contributed by atoms with Gasteiger partial charge in [0.1, 0.15) is 6.29 Å². The van der Waals surface area contributed by atoms with Crippen molar-refractivity contribution in [2.24, 2.45) is 0 Å². The van der Waals surface area contributed by atoms with Crippen LogP contribution in [0, 0.1) is 0 Å². The molecule has 0 spiro atoms. The van der Waals surface area contributed by atoms with E-state index in [0.717, 1.165) is 30.6 Å². The van der Waals surface area contributed by atoms with Crippen molar-refractivity contribution in [3.8, 4) is 0 Å². The molecule has 0 aromatic heterocycles. The van der Waals surface area contributed by atoms with E-state index in [1.807, 2.05) is 24.3 Å². The van der Waals surface area contributed by atoms with E-state index in [4.69, 9.17) is 5.73 Å². The van der Waals surface area contributed by atoms with Crippen molar-refractivity contribution < 1.29 is 4.79 Å². The summed E-state index contributed by atoms with van der Waals surface area (Å²) < 4.78 is 0. The second-order valence-electron chi connectivity index (χ2n) is 3.64. The highest BCUT2D eigenvalue weighted by molar-refractivity contribution is 5.63. The van der Waals surface area contributed by atoms with Gasteiger partial charge in [0.2, 0.25) is 0 Å². The SMILES string of the molecule is Nc1cccc(C(C=O)N2CCC2)c1. The van der Waals surface area contributed by atoms with Crippen molar-refractivity contribution in [3.63, 3.8) is 0 Å². The van der Waals surface area contributed by atoms with Crippen molar-refractivity contribution >= 4 is 12.0 Å². The Morgan fingerprint density at radius 3 is 2.71 bits per heavy atom. The molecule has 3 nitrogen and oxygen atoms in total. The second-order valence-corrected chi connectivity index (χ2v) is 3.64. The summed E-state index contributed by atoms with van der Waals surface area (Å²) >= 11 is 0. The van der Waals surface area contributed by atoms with Crippen LogP contribution in [0.25, 0.3) is 0 Å². The Bertz CT molecular complexity index is 334. The van der Waals surface area contributed by atoms with Gasteiger partial charge in [-0.05, 0) is 24.1 Å². The fraction of sp³-hybridized carbons (Fsp3) is 0.364. The van der Waals surface area contributed by atoms with Gasteiger partial charge in [0, 0.05) is 18.8 Å². The highest BCUT2D eigenvalue weighted by Crippen LogP contribution is 2.24. The molecule has 0 saturated carbocycles. The molecule has 2 rings (SSSR count). The summed E-state index contributed by atoms with van der Waals surface area (Å²) in [6.45, 7) is 2.02. The number of carbonyl (C=O) groups excluding carboxylic acids is 1. The molecule has 0 radical (unpaired) electrons. The highest BCUT2D eigenvalue weighted by atomic mass is 16.1. The van der Waals surface area contributed by atoms with E-state index in [-0.39, 0.29) is 6.04 Å². The maximum atomic E-state index is 11.0. The van der Waals surface area contributed by atoms with Crippen LogP contribution in [0.1, 0.15) is 18.0 Å². The largest absolute Gasteiger partial charge is 0.399 e.